The Morgan fingerprint density at radius 2 is 1.83 bits per heavy atom. The molecule has 0 unspecified atom stereocenters. The highest BCUT2D eigenvalue weighted by molar-refractivity contribution is 7.92. The van der Waals surface area contributed by atoms with Gasteiger partial charge in [-0.15, -0.1) is 0 Å². The van der Waals surface area contributed by atoms with Crippen LogP contribution in [-0.2, 0) is 14.8 Å². The Hall–Kier alpha value is -2.58. The maximum atomic E-state index is 12.9. The Bertz CT molecular complexity index is 911. The lowest BCUT2D eigenvalue weighted by molar-refractivity contribution is 0.0757. The van der Waals surface area contributed by atoms with Gasteiger partial charge in [0.15, 0.2) is 0 Å². The highest BCUT2D eigenvalue weighted by atomic mass is 32.2. The molecule has 8 heteroatoms. The minimum atomic E-state index is -3.76. The summed E-state index contributed by atoms with van der Waals surface area (Å²) in [6.45, 7) is 4.97. The molecule has 0 aliphatic rings. The lowest BCUT2D eigenvalue weighted by Gasteiger charge is -2.20. The fourth-order valence-electron chi connectivity index (χ4n) is 2.58. The van der Waals surface area contributed by atoms with Crippen molar-refractivity contribution in [3.05, 3.63) is 54.1 Å². The van der Waals surface area contributed by atoms with Gasteiger partial charge in [-0.1, -0.05) is 6.07 Å². The number of nitrogens with one attached hydrogen (secondary N) is 1. The molecule has 0 heterocycles. The van der Waals surface area contributed by atoms with Gasteiger partial charge in [0.25, 0.3) is 15.9 Å². The van der Waals surface area contributed by atoms with Crippen molar-refractivity contribution in [1.82, 2.24) is 5.32 Å². The van der Waals surface area contributed by atoms with E-state index < -0.39 is 10.0 Å². The zero-order valence-electron chi connectivity index (χ0n) is 17.2. The van der Waals surface area contributed by atoms with Crippen LogP contribution in [0.2, 0.25) is 0 Å². The van der Waals surface area contributed by atoms with Crippen LogP contribution in [0.4, 0.5) is 5.69 Å². The molecule has 158 valence electrons. The van der Waals surface area contributed by atoms with Crippen LogP contribution in [0, 0.1) is 0 Å². The highest BCUT2D eigenvalue weighted by Gasteiger charge is 2.22. The van der Waals surface area contributed by atoms with E-state index in [1.165, 1.54) is 26.3 Å². The monoisotopic (exact) mass is 420 g/mol. The van der Waals surface area contributed by atoms with E-state index >= 15 is 0 Å². The van der Waals surface area contributed by atoms with Gasteiger partial charge in [0.2, 0.25) is 0 Å². The Morgan fingerprint density at radius 1 is 1.14 bits per heavy atom. The van der Waals surface area contributed by atoms with E-state index in [9.17, 15) is 13.2 Å². The SMILES string of the molecule is COc1ccc(S(=O)(=O)N(C)c2cccc(C(=O)NCCCOC(C)C)c2)cc1. The fourth-order valence-corrected chi connectivity index (χ4v) is 3.77. The predicted molar refractivity (Wildman–Crippen MR) is 113 cm³/mol. The first kappa shape index (κ1) is 22.7. The van der Waals surface area contributed by atoms with Crippen LogP contribution in [0.25, 0.3) is 0 Å². The van der Waals surface area contributed by atoms with Crippen LogP contribution < -0.4 is 14.4 Å². The first-order valence-electron chi connectivity index (χ1n) is 9.38. The molecule has 2 aromatic carbocycles. The van der Waals surface area contributed by atoms with Gasteiger partial charge in [0.1, 0.15) is 5.75 Å². The molecule has 0 radical (unpaired) electrons. The Balaban J connectivity index is 2.07. The molecule has 1 N–H and O–H groups in total. The number of hydrogen-bond acceptors (Lipinski definition) is 5. The van der Waals surface area contributed by atoms with Gasteiger partial charge in [0, 0.05) is 25.8 Å². The van der Waals surface area contributed by atoms with Gasteiger partial charge in [-0.05, 0) is 62.7 Å². The quantitative estimate of drug-likeness (QED) is 0.597. The minimum Gasteiger partial charge on any atom is -0.497 e. The van der Waals surface area contributed by atoms with Crippen molar-refractivity contribution >= 4 is 21.6 Å². The smallest absolute Gasteiger partial charge is 0.264 e. The molecule has 0 saturated heterocycles. The number of carbonyl (C=O) groups is 1. The van der Waals surface area contributed by atoms with E-state index in [0.717, 1.165) is 4.31 Å². The lowest BCUT2D eigenvalue weighted by Crippen LogP contribution is -2.28. The number of benzene rings is 2. The van der Waals surface area contributed by atoms with Crippen molar-refractivity contribution in [3.8, 4) is 5.75 Å². The molecule has 0 spiro atoms. The van der Waals surface area contributed by atoms with E-state index in [0.29, 0.717) is 36.6 Å². The molecule has 0 fully saturated rings. The zero-order chi connectivity index (χ0) is 21.4. The molecule has 0 atom stereocenters. The third kappa shape index (κ3) is 6.20. The summed E-state index contributed by atoms with van der Waals surface area (Å²) in [6.07, 6.45) is 0.862. The number of hydrogen-bond donors (Lipinski definition) is 1. The Kier molecular flexibility index (Phi) is 8.04. The van der Waals surface area contributed by atoms with Crippen molar-refractivity contribution < 1.29 is 22.7 Å². The molecule has 1 amide bonds. The summed E-state index contributed by atoms with van der Waals surface area (Å²) < 4.78 is 37.4. The Labute approximate surface area is 172 Å². The molecule has 29 heavy (non-hydrogen) atoms. The molecule has 2 rings (SSSR count). The van der Waals surface area contributed by atoms with Gasteiger partial charge < -0.3 is 14.8 Å². The van der Waals surface area contributed by atoms with Crippen LogP contribution in [0.1, 0.15) is 30.6 Å². The van der Waals surface area contributed by atoms with E-state index in [1.54, 1.807) is 36.4 Å². The summed E-state index contributed by atoms with van der Waals surface area (Å²) in [5.41, 5.74) is 0.792. The number of nitrogens with zero attached hydrogens (tertiary/aromatic N) is 1. The Morgan fingerprint density at radius 3 is 2.45 bits per heavy atom. The van der Waals surface area contributed by atoms with Gasteiger partial charge in [0.05, 0.1) is 23.8 Å². The predicted octanol–water partition coefficient (Wildman–Crippen LogP) is 3.07. The lowest BCUT2D eigenvalue weighted by atomic mass is 10.2. The minimum absolute atomic E-state index is 0.140. The van der Waals surface area contributed by atoms with Crippen molar-refractivity contribution in [2.24, 2.45) is 0 Å². The van der Waals surface area contributed by atoms with Gasteiger partial charge in [-0.2, -0.15) is 0 Å². The summed E-state index contributed by atoms with van der Waals surface area (Å²) in [6, 6.07) is 12.7. The summed E-state index contributed by atoms with van der Waals surface area (Å²) in [5, 5.41) is 2.82. The van der Waals surface area contributed by atoms with E-state index in [-0.39, 0.29) is 16.9 Å². The number of rotatable bonds is 10. The van der Waals surface area contributed by atoms with Crippen LogP contribution >= 0.6 is 0 Å². The molecule has 0 aliphatic heterocycles. The zero-order valence-corrected chi connectivity index (χ0v) is 18.0. The molecule has 0 bridgehead atoms. The molecule has 7 nitrogen and oxygen atoms in total. The molecule has 2 aromatic rings. The van der Waals surface area contributed by atoms with Gasteiger partial charge in [-0.3, -0.25) is 9.10 Å². The third-order valence-electron chi connectivity index (χ3n) is 4.25. The number of amides is 1. The van der Waals surface area contributed by atoms with Gasteiger partial charge in [-0.25, -0.2) is 8.42 Å². The second kappa shape index (κ2) is 10.3. The van der Waals surface area contributed by atoms with E-state index in [2.05, 4.69) is 5.32 Å². The average molecular weight is 421 g/mol. The van der Waals surface area contributed by atoms with Crippen molar-refractivity contribution in [1.29, 1.82) is 0 Å². The van der Waals surface area contributed by atoms with E-state index in [4.69, 9.17) is 9.47 Å². The summed E-state index contributed by atoms with van der Waals surface area (Å²) >= 11 is 0. The first-order valence-corrected chi connectivity index (χ1v) is 10.8. The van der Waals surface area contributed by atoms with Crippen molar-refractivity contribution in [2.45, 2.75) is 31.3 Å². The number of methoxy groups -OCH3 is 1. The first-order chi connectivity index (χ1) is 13.8. The number of carbonyl (C=O) groups excluding carboxylic acids is 1. The number of sulfonamides is 1. The van der Waals surface area contributed by atoms with Crippen molar-refractivity contribution in [2.75, 3.05) is 31.6 Å². The maximum Gasteiger partial charge on any atom is 0.264 e. The summed E-state index contributed by atoms with van der Waals surface area (Å²) in [7, 11) is -0.787. The molecule has 0 saturated carbocycles. The highest BCUT2D eigenvalue weighted by Crippen LogP contribution is 2.24. The van der Waals surface area contributed by atoms with E-state index in [1.807, 2.05) is 13.8 Å². The van der Waals surface area contributed by atoms with Crippen LogP contribution in [-0.4, -0.2) is 47.7 Å². The molecule has 0 aliphatic carbocycles. The van der Waals surface area contributed by atoms with Crippen LogP contribution in [0.5, 0.6) is 5.75 Å². The normalized spacial score (nSPS) is 11.3. The summed E-state index contributed by atoms with van der Waals surface area (Å²) in [4.78, 5) is 12.5. The van der Waals surface area contributed by atoms with Crippen LogP contribution in [0.3, 0.4) is 0 Å². The number of ether oxygens (including phenoxy) is 2. The largest absolute Gasteiger partial charge is 0.497 e. The topological polar surface area (TPSA) is 84.9 Å². The summed E-state index contributed by atoms with van der Waals surface area (Å²) in [5.74, 6) is 0.315. The average Bonchev–Trinajstić information content (AvgIpc) is 2.72. The van der Waals surface area contributed by atoms with Gasteiger partial charge >= 0.3 is 0 Å². The molecule has 0 aromatic heterocycles. The fraction of sp³-hybridized carbons (Fsp3) is 0.381. The molecular weight excluding hydrogens is 392 g/mol. The standard InChI is InChI=1S/C21H28N2O5S/c1-16(2)28-14-6-13-22-21(24)17-7-5-8-18(15-17)23(3)29(25,26)20-11-9-19(27-4)10-12-20/h5,7-12,15-16H,6,13-14H2,1-4H3,(H,22,24). The molecular formula is C21H28N2O5S. The van der Waals surface area contributed by atoms with Crippen molar-refractivity contribution in [3.63, 3.8) is 0 Å². The maximum absolute atomic E-state index is 12.9. The van der Waals surface area contributed by atoms with Crippen LogP contribution in [0.15, 0.2) is 53.4 Å². The second-order valence-corrected chi connectivity index (χ2v) is 8.70. The third-order valence-corrected chi connectivity index (χ3v) is 6.05. The number of anilines is 1. The second-order valence-electron chi connectivity index (χ2n) is 6.73.